The van der Waals surface area contributed by atoms with Gasteiger partial charge in [-0.2, -0.15) is 0 Å². The molecule has 1 aromatic heterocycles. The Kier molecular flexibility index (Phi) is 4.24. The molecule has 114 valence electrons. The van der Waals surface area contributed by atoms with Crippen LogP contribution in [-0.4, -0.2) is 33.9 Å². The Morgan fingerprint density at radius 3 is 2.73 bits per heavy atom. The molecule has 0 aliphatic carbocycles. The number of aryl methyl sites for hydroxylation is 1. The van der Waals surface area contributed by atoms with Crippen molar-refractivity contribution in [2.75, 3.05) is 18.4 Å². The Morgan fingerprint density at radius 2 is 2.00 bits per heavy atom. The van der Waals surface area contributed by atoms with E-state index in [1.807, 2.05) is 30.0 Å². The van der Waals surface area contributed by atoms with E-state index in [1.54, 1.807) is 6.07 Å². The van der Waals surface area contributed by atoms with Gasteiger partial charge in [-0.3, -0.25) is 4.79 Å². The van der Waals surface area contributed by atoms with Crippen LogP contribution in [0.2, 0.25) is 5.02 Å². The highest BCUT2D eigenvalue weighted by molar-refractivity contribution is 6.31. The number of hydrogen-bond donors (Lipinski definition) is 1. The summed E-state index contributed by atoms with van der Waals surface area (Å²) < 4.78 is 0. The van der Waals surface area contributed by atoms with E-state index in [4.69, 9.17) is 11.6 Å². The number of likely N-dealkylation sites (tertiary alicyclic amines) is 1. The van der Waals surface area contributed by atoms with Crippen LogP contribution in [0.25, 0.3) is 0 Å². The second-order valence-electron chi connectivity index (χ2n) is 5.38. The summed E-state index contributed by atoms with van der Waals surface area (Å²) >= 11 is 6.11. The maximum Gasteiger partial charge on any atom is 0.272 e. The minimum absolute atomic E-state index is 0.0371. The standard InChI is InChI=1S/C16H17ClN4O/c1-11-4-5-12(8-13(11)17)20-15-9-14(18-10-19-15)16(22)21-6-2-3-7-21/h4-5,8-10H,2-3,6-7H2,1H3,(H,18,19,20). The van der Waals surface area contributed by atoms with Crippen molar-refractivity contribution < 1.29 is 4.79 Å². The molecular formula is C16H17ClN4O. The van der Waals surface area contributed by atoms with E-state index in [1.165, 1.54) is 6.33 Å². The summed E-state index contributed by atoms with van der Waals surface area (Å²) in [5.41, 5.74) is 2.26. The summed E-state index contributed by atoms with van der Waals surface area (Å²) in [7, 11) is 0. The monoisotopic (exact) mass is 316 g/mol. The quantitative estimate of drug-likeness (QED) is 0.942. The van der Waals surface area contributed by atoms with Gasteiger partial charge in [-0.15, -0.1) is 0 Å². The lowest BCUT2D eigenvalue weighted by molar-refractivity contribution is 0.0787. The van der Waals surface area contributed by atoms with Crippen LogP contribution in [0, 0.1) is 6.92 Å². The number of anilines is 2. The lowest BCUT2D eigenvalue weighted by atomic mass is 10.2. The first-order valence-electron chi connectivity index (χ1n) is 7.28. The molecule has 1 amide bonds. The van der Waals surface area contributed by atoms with Crippen molar-refractivity contribution in [3.8, 4) is 0 Å². The molecule has 1 aliphatic heterocycles. The van der Waals surface area contributed by atoms with Gasteiger partial charge in [0.25, 0.3) is 5.91 Å². The third-order valence-corrected chi connectivity index (χ3v) is 4.13. The molecule has 2 aromatic rings. The van der Waals surface area contributed by atoms with Crippen molar-refractivity contribution >= 4 is 29.0 Å². The predicted molar refractivity (Wildman–Crippen MR) is 86.6 cm³/mol. The molecule has 0 bridgehead atoms. The number of carbonyl (C=O) groups is 1. The molecule has 2 heterocycles. The van der Waals surface area contributed by atoms with Gasteiger partial charge in [0.05, 0.1) is 0 Å². The van der Waals surface area contributed by atoms with Crippen molar-refractivity contribution in [2.24, 2.45) is 0 Å². The number of amides is 1. The molecule has 0 radical (unpaired) electrons. The van der Waals surface area contributed by atoms with Gasteiger partial charge in [0.15, 0.2) is 0 Å². The van der Waals surface area contributed by atoms with E-state index in [2.05, 4.69) is 15.3 Å². The van der Waals surface area contributed by atoms with Crippen LogP contribution in [0.4, 0.5) is 11.5 Å². The van der Waals surface area contributed by atoms with Gasteiger partial charge in [0, 0.05) is 29.9 Å². The van der Waals surface area contributed by atoms with Gasteiger partial charge in [0.2, 0.25) is 0 Å². The Bertz CT molecular complexity index is 698. The summed E-state index contributed by atoms with van der Waals surface area (Å²) in [6.07, 6.45) is 3.52. The van der Waals surface area contributed by atoms with Crippen LogP contribution < -0.4 is 5.32 Å². The van der Waals surface area contributed by atoms with Crippen LogP contribution in [-0.2, 0) is 0 Å². The van der Waals surface area contributed by atoms with Gasteiger partial charge in [-0.1, -0.05) is 17.7 Å². The molecular weight excluding hydrogens is 300 g/mol. The van der Waals surface area contributed by atoms with Crippen molar-refractivity contribution in [3.63, 3.8) is 0 Å². The normalized spacial score (nSPS) is 14.2. The number of carbonyl (C=O) groups excluding carboxylic acids is 1. The van der Waals surface area contributed by atoms with E-state index in [9.17, 15) is 4.79 Å². The van der Waals surface area contributed by atoms with Crippen LogP contribution in [0.1, 0.15) is 28.9 Å². The fourth-order valence-electron chi connectivity index (χ4n) is 2.44. The van der Waals surface area contributed by atoms with Gasteiger partial charge >= 0.3 is 0 Å². The second-order valence-corrected chi connectivity index (χ2v) is 5.78. The number of benzene rings is 1. The van der Waals surface area contributed by atoms with Crippen LogP contribution in [0.15, 0.2) is 30.6 Å². The van der Waals surface area contributed by atoms with E-state index >= 15 is 0 Å². The highest BCUT2D eigenvalue weighted by atomic mass is 35.5. The topological polar surface area (TPSA) is 58.1 Å². The van der Waals surface area contributed by atoms with Crippen LogP contribution in [0.3, 0.4) is 0 Å². The van der Waals surface area contributed by atoms with E-state index in [-0.39, 0.29) is 5.91 Å². The summed E-state index contributed by atoms with van der Waals surface area (Å²) in [5, 5.41) is 3.84. The van der Waals surface area contributed by atoms with Gasteiger partial charge in [-0.25, -0.2) is 9.97 Å². The molecule has 0 atom stereocenters. The summed E-state index contributed by atoms with van der Waals surface area (Å²) in [6, 6.07) is 7.36. The third-order valence-electron chi connectivity index (χ3n) is 3.72. The third kappa shape index (κ3) is 3.20. The maximum absolute atomic E-state index is 12.3. The molecule has 1 fully saturated rings. The zero-order chi connectivity index (χ0) is 15.5. The lowest BCUT2D eigenvalue weighted by Crippen LogP contribution is -2.28. The molecule has 3 rings (SSSR count). The number of hydrogen-bond acceptors (Lipinski definition) is 4. The Morgan fingerprint density at radius 1 is 1.23 bits per heavy atom. The number of nitrogens with one attached hydrogen (secondary N) is 1. The number of aromatic nitrogens is 2. The number of nitrogens with zero attached hydrogens (tertiary/aromatic N) is 3. The largest absolute Gasteiger partial charge is 0.340 e. The zero-order valence-corrected chi connectivity index (χ0v) is 13.1. The van der Waals surface area contributed by atoms with Crippen LogP contribution in [0.5, 0.6) is 0 Å². The minimum atomic E-state index is -0.0371. The van der Waals surface area contributed by atoms with Crippen molar-refractivity contribution in [1.29, 1.82) is 0 Å². The Balaban J connectivity index is 1.78. The lowest BCUT2D eigenvalue weighted by Gasteiger charge is -2.15. The van der Waals surface area contributed by atoms with Crippen molar-refractivity contribution in [2.45, 2.75) is 19.8 Å². The van der Waals surface area contributed by atoms with Crippen molar-refractivity contribution in [3.05, 3.63) is 46.9 Å². The van der Waals surface area contributed by atoms with Gasteiger partial charge in [-0.05, 0) is 37.5 Å². The average molecular weight is 317 g/mol. The summed E-state index contributed by atoms with van der Waals surface area (Å²) in [4.78, 5) is 22.4. The zero-order valence-electron chi connectivity index (χ0n) is 12.3. The molecule has 0 spiro atoms. The minimum Gasteiger partial charge on any atom is -0.340 e. The first-order valence-corrected chi connectivity index (χ1v) is 7.66. The van der Waals surface area contributed by atoms with Crippen LogP contribution >= 0.6 is 11.6 Å². The molecule has 1 aliphatic rings. The number of rotatable bonds is 3. The second kappa shape index (κ2) is 6.32. The summed E-state index contributed by atoms with van der Waals surface area (Å²) in [5.74, 6) is 0.544. The Labute approximate surface area is 134 Å². The predicted octanol–water partition coefficient (Wildman–Crippen LogP) is 3.42. The highest BCUT2D eigenvalue weighted by Gasteiger charge is 2.20. The molecule has 0 unspecified atom stereocenters. The fraction of sp³-hybridized carbons (Fsp3) is 0.312. The van der Waals surface area contributed by atoms with E-state index in [0.717, 1.165) is 37.2 Å². The summed E-state index contributed by atoms with van der Waals surface area (Å²) in [6.45, 7) is 3.56. The molecule has 22 heavy (non-hydrogen) atoms. The SMILES string of the molecule is Cc1ccc(Nc2cc(C(=O)N3CCCC3)ncn2)cc1Cl. The molecule has 1 aromatic carbocycles. The van der Waals surface area contributed by atoms with E-state index in [0.29, 0.717) is 16.5 Å². The average Bonchev–Trinajstić information content (AvgIpc) is 3.05. The molecule has 6 heteroatoms. The Hall–Kier alpha value is -2.14. The first-order chi connectivity index (χ1) is 10.6. The van der Waals surface area contributed by atoms with Crippen molar-refractivity contribution in [1.82, 2.24) is 14.9 Å². The van der Waals surface area contributed by atoms with Gasteiger partial charge in [0.1, 0.15) is 17.8 Å². The fourth-order valence-corrected chi connectivity index (χ4v) is 2.62. The highest BCUT2D eigenvalue weighted by Crippen LogP contribution is 2.22. The van der Waals surface area contributed by atoms with E-state index < -0.39 is 0 Å². The molecule has 0 saturated carbocycles. The number of halogens is 1. The van der Waals surface area contributed by atoms with Gasteiger partial charge < -0.3 is 10.2 Å². The maximum atomic E-state index is 12.3. The smallest absolute Gasteiger partial charge is 0.272 e. The molecule has 1 N–H and O–H groups in total. The molecule has 5 nitrogen and oxygen atoms in total. The molecule has 1 saturated heterocycles. The first kappa shape index (κ1) is 14.8.